The van der Waals surface area contributed by atoms with Crippen LogP contribution in [0.25, 0.3) is 0 Å². The zero-order chi connectivity index (χ0) is 18.9. The Morgan fingerprint density at radius 2 is 2.00 bits per heavy atom. The lowest BCUT2D eigenvalue weighted by molar-refractivity contribution is 0.110. The summed E-state index contributed by atoms with van der Waals surface area (Å²) in [7, 11) is 1.67. The number of benzene rings is 1. The molecule has 1 aliphatic heterocycles. The molecule has 1 heterocycles. The van der Waals surface area contributed by atoms with Gasteiger partial charge in [-0.25, -0.2) is 4.39 Å². The number of hydrogen-bond acceptors (Lipinski definition) is 3. The average molecular weight is 365 g/mol. The van der Waals surface area contributed by atoms with Crippen molar-refractivity contribution in [3.05, 3.63) is 35.6 Å². The molecule has 26 heavy (non-hydrogen) atoms. The number of rotatable bonds is 8. The predicted octanol–water partition coefficient (Wildman–Crippen LogP) is 2.89. The highest BCUT2D eigenvalue weighted by Gasteiger charge is 2.28. The molecule has 1 aliphatic rings. The lowest BCUT2D eigenvalue weighted by atomic mass is 10.1. The van der Waals surface area contributed by atoms with E-state index in [1.807, 2.05) is 0 Å². The summed E-state index contributed by atoms with van der Waals surface area (Å²) in [4.78, 5) is 9.66. The van der Waals surface area contributed by atoms with Crippen molar-refractivity contribution in [1.29, 1.82) is 0 Å². The quantitative estimate of drug-likeness (QED) is 0.569. The average Bonchev–Trinajstić information content (AvgIpc) is 3.13. The lowest BCUT2D eigenvalue weighted by Crippen LogP contribution is -2.43. The summed E-state index contributed by atoms with van der Waals surface area (Å²) in [6, 6.07) is 7.04. The minimum atomic E-state index is -0.236. The van der Waals surface area contributed by atoms with Crippen molar-refractivity contribution in [3.8, 4) is 0 Å². The Labute approximate surface area is 157 Å². The molecular weight excluding hydrogens is 331 g/mol. The second-order valence-electron chi connectivity index (χ2n) is 6.58. The number of ether oxygens (including phenoxy) is 1. The molecule has 1 saturated heterocycles. The predicted molar refractivity (Wildman–Crippen MR) is 105 cm³/mol. The van der Waals surface area contributed by atoms with E-state index in [0.29, 0.717) is 12.6 Å². The number of halogens is 1. The van der Waals surface area contributed by atoms with Gasteiger partial charge < -0.3 is 15.0 Å². The number of likely N-dealkylation sites (N-methyl/N-ethyl adjacent to an activating group) is 1. The minimum absolute atomic E-state index is 0.176. The van der Waals surface area contributed by atoms with Gasteiger partial charge in [0.15, 0.2) is 5.96 Å². The van der Waals surface area contributed by atoms with Crippen molar-refractivity contribution in [2.24, 2.45) is 4.99 Å². The smallest absolute Gasteiger partial charge is 0.194 e. The van der Waals surface area contributed by atoms with Crippen LogP contribution in [0.5, 0.6) is 0 Å². The number of guanidine groups is 1. The number of hydrogen-bond donors (Lipinski definition) is 1. The molecule has 1 N–H and O–H groups in total. The number of aliphatic imine (C=N–C) groups is 1. The molecule has 0 spiro atoms. The Hall–Kier alpha value is -1.66. The third-order valence-electron chi connectivity index (χ3n) is 5.06. The maximum Gasteiger partial charge on any atom is 0.194 e. The second kappa shape index (κ2) is 10.5. The summed E-state index contributed by atoms with van der Waals surface area (Å²) < 4.78 is 18.7. The first-order valence-electron chi connectivity index (χ1n) is 9.68. The molecule has 6 heteroatoms. The van der Waals surface area contributed by atoms with Crippen LogP contribution in [-0.4, -0.2) is 68.2 Å². The first-order chi connectivity index (χ1) is 12.6. The standard InChI is InChI=1S/C20H33FN4O/c1-5-22-20(25-13-12-18(15-25)24(6-2)7-3)23-14-19(26-4)16-8-10-17(21)11-9-16/h8-11,18-19H,5-7,12-15H2,1-4H3,(H,22,23). The molecule has 5 nitrogen and oxygen atoms in total. The second-order valence-corrected chi connectivity index (χ2v) is 6.58. The maximum absolute atomic E-state index is 13.1. The minimum Gasteiger partial charge on any atom is -0.375 e. The van der Waals surface area contributed by atoms with Gasteiger partial charge in [0.2, 0.25) is 0 Å². The van der Waals surface area contributed by atoms with Gasteiger partial charge in [0.05, 0.1) is 6.54 Å². The van der Waals surface area contributed by atoms with Crippen LogP contribution in [0.2, 0.25) is 0 Å². The van der Waals surface area contributed by atoms with Gasteiger partial charge >= 0.3 is 0 Å². The molecule has 0 radical (unpaired) electrons. The SMILES string of the molecule is CCNC(=NCC(OC)c1ccc(F)cc1)N1CCC(N(CC)CC)C1. The van der Waals surface area contributed by atoms with E-state index in [4.69, 9.17) is 9.73 Å². The highest BCUT2D eigenvalue weighted by atomic mass is 19.1. The van der Waals surface area contributed by atoms with Gasteiger partial charge in [0, 0.05) is 32.8 Å². The van der Waals surface area contributed by atoms with Crippen molar-refractivity contribution in [3.63, 3.8) is 0 Å². The number of methoxy groups -OCH3 is 1. The molecule has 2 unspecified atom stereocenters. The number of nitrogens with zero attached hydrogens (tertiary/aromatic N) is 3. The van der Waals surface area contributed by atoms with Crippen molar-refractivity contribution >= 4 is 5.96 Å². The van der Waals surface area contributed by atoms with E-state index in [2.05, 4.69) is 35.9 Å². The van der Waals surface area contributed by atoms with E-state index in [0.717, 1.165) is 50.7 Å². The fourth-order valence-electron chi connectivity index (χ4n) is 3.56. The normalized spacial score (nSPS) is 19.2. The van der Waals surface area contributed by atoms with Crippen molar-refractivity contribution in [2.45, 2.75) is 39.3 Å². The third kappa shape index (κ3) is 5.42. The van der Waals surface area contributed by atoms with Crippen molar-refractivity contribution in [2.75, 3.05) is 46.4 Å². The fourth-order valence-corrected chi connectivity index (χ4v) is 3.56. The van der Waals surface area contributed by atoms with E-state index in [9.17, 15) is 4.39 Å². The molecule has 0 amide bonds. The van der Waals surface area contributed by atoms with Gasteiger partial charge in [-0.2, -0.15) is 0 Å². The summed E-state index contributed by atoms with van der Waals surface area (Å²) in [5, 5.41) is 3.40. The van der Waals surface area contributed by atoms with E-state index in [1.165, 1.54) is 12.1 Å². The summed E-state index contributed by atoms with van der Waals surface area (Å²) in [5.41, 5.74) is 0.941. The molecule has 0 aliphatic carbocycles. The van der Waals surface area contributed by atoms with Crippen LogP contribution >= 0.6 is 0 Å². The zero-order valence-corrected chi connectivity index (χ0v) is 16.5. The maximum atomic E-state index is 13.1. The van der Waals surface area contributed by atoms with E-state index in [-0.39, 0.29) is 11.9 Å². The molecule has 0 saturated carbocycles. The molecule has 0 bridgehead atoms. The highest BCUT2D eigenvalue weighted by molar-refractivity contribution is 5.80. The van der Waals surface area contributed by atoms with Crippen LogP contribution in [0.1, 0.15) is 38.9 Å². The van der Waals surface area contributed by atoms with Gasteiger partial charge in [-0.15, -0.1) is 0 Å². The van der Waals surface area contributed by atoms with Crippen LogP contribution in [-0.2, 0) is 4.74 Å². The van der Waals surface area contributed by atoms with Crippen LogP contribution in [0.4, 0.5) is 4.39 Å². The Morgan fingerprint density at radius 1 is 1.31 bits per heavy atom. The van der Waals surface area contributed by atoms with E-state index < -0.39 is 0 Å². The molecule has 0 aromatic heterocycles. The Morgan fingerprint density at radius 3 is 2.58 bits per heavy atom. The van der Waals surface area contributed by atoms with Gasteiger partial charge in [-0.1, -0.05) is 26.0 Å². The third-order valence-corrected chi connectivity index (χ3v) is 5.06. The highest BCUT2D eigenvalue weighted by Crippen LogP contribution is 2.19. The van der Waals surface area contributed by atoms with Crippen LogP contribution in [0.15, 0.2) is 29.3 Å². The van der Waals surface area contributed by atoms with Gasteiger partial charge in [-0.3, -0.25) is 9.89 Å². The Kier molecular flexibility index (Phi) is 8.32. The molecule has 2 rings (SSSR count). The van der Waals surface area contributed by atoms with E-state index >= 15 is 0 Å². The van der Waals surface area contributed by atoms with Gasteiger partial charge in [0.25, 0.3) is 0 Å². The summed E-state index contributed by atoms with van der Waals surface area (Å²) in [5.74, 6) is 0.700. The summed E-state index contributed by atoms with van der Waals surface area (Å²) in [6.45, 7) is 12.0. The first kappa shape index (κ1) is 20.6. The topological polar surface area (TPSA) is 40.1 Å². The van der Waals surface area contributed by atoms with Crippen LogP contribution < -0.4 is 5.32 Å². The monoisotopic (exact) mass is 364 g/mol. The molecule has 1 aromatic carbocycles. The van der Waals surface area contributed by atoms with E-state index in [1.54, 1.807) is 19.2 Å². The molecular formula is C20H33FN4O. The summed E-state index contributed by atoms with van der Waals surface area (Å²) in [6.07, 6.45) is 0.989. The zero-order valence-electron chi connectivity index (χ0n) is 16.5. The summed E-state index contributed by atoms with van der Waals surface area (Å²) >= 11 is 0. The molecule has 146 valence electrons. The molecule has 1 fully saturated rings. The van der Waals surface area contributed by atoms with Gasteiger partial charge in [0.1, 0.15) is 11.9 Å². The van der Waals surface area contributed by atoms with Crippen molar-refractivity contribution in [1.82, 2.24) is 15.1 Å². The number of nitrogens with one attached hydrogen (secondary N) is 1. The fraction of sp³-hybridized carbons (Fsp3) is 0.650. The Balaban J connectivity index is 2.04. The number of likely N-dealkylation sites (tertiary alicyclic amines) is 1. The van der Waals surface area contributed by atoms with Gasteiger partial charge in [-0.05, 0) is 44.1 Å². The molecule has 1 aromatic rings. The van der Waals surface area contributed by atoms with Crippen LogP contribution in [0.3, 0.4) is 0 Å². The van der Waals surface area contributed by atoms with Crippen LogP contribution in [0, 0.1) is 5.82 Å². The largest absolute Gasteiger partial charge is 0.375 e. The first-order valence-corrected chi connectivity index (χ1v) is 9.68. The lowest BCUT2D eigenvalue weighted by Gasteiger charge is -2.27. The Bertz CT molecular complexity index is 559. The van der Waals surface area contributed by atoms with Crippen molar-refractivity contribution < 1.29 is 9.13 Å². The molecule has 2 atom stereocenters.